The van der Waals surface area contributed by atoms with E-state index in [9.17, 15) is 4.79 Å². The fraction of sp³-hybridized carbons (Fsp3) is 0.471. The zero-order valence-electron chi connectivity index (χ0n) is 11.9. The number of hydrogen-bond acceptors (Lipinski definition) is 2. The van der Waals surface area contributed by atoms with Crippen molar-refractivity contribution in [2.45, 2.75) is 39.0 Å². The highest BCUT2D eigenvalue weighted by atomic mass is 16.1. The molecule has 0 saturated carbocycles. The predicted molar refractivity (Wildman–Crippen MR) is 79.0 cm³/mol. The molecular formula is C17H23NO. The van der Waals surface area contributed by atoms with Gasteiger partial charge in [-0.2, -0.15) is 0 Å². The molecule has 0 saturated heterocycles. The smallest absolute Gasteiger partial charge is 0.158 e. The molecule has 2 rings (SSSR count). The van der Waals surface area contributed by atoms with Gasteiger partial charge in [0.15, 0.2) is 5.78 Å². The molecule has 2 nitrogen and oxygen atoms in total. The maximum Gasteiger partial charge on any atom is 0.158 e. The van der Waals surface area contributed by atoms with Crippen LogP contribution in [-0.2, 0) is 4.79 Å². The van der Waals surface area contributed by atoms with Crippen molar-refractivity contribution in [3.05, 3.63) is 47.7 Å². The lowest BCUT2D eigenvalue weighted by Crippen LogP contribution is -2.23. The second-order valence-corrected chi connectivity index (χ2v) is 5.76. The lowest BCUT2D eigenvalue weighted by molar-refractivity contribution is -0.115. The minimum atomic E-state index is 0.243. The van der Waals surface area contributed by atoms with Crippen LogP contribution in [0, 0.1) is 5.92 Å². The highest BCUT2D eigenvalue weighted by Gasteiger charge is 2.21. The molecular weight excluding hydrogens is 234 g/mol. The number of rotatable bonds is 5. The van der Waals surface area contributed by atoms with Gasteiger partial charge in [0.05, 0.1) is 0 Å². The van der Waals surface area contributed by atoms with Gasteiger partial charge in [0.25, 0.3) is 0 Å². The van der Waals surface area contributed by atoms with E-state index in [0.717, 1.165) is 25.1 Å². The highest BCUT2D eigenvalue weighted by Crippen LogP contribution is 2.30. The van der Waals surface area contributed by atoms with Crippen LogP contribution in [0.5, 0.6) is 0 Å². The van der Waals surface area contributed by atoms with Gasteiger partial charge in [-0.25, -0.2) is 0 Å². The topological polar surface area (TPSA) is 29.1 Å². The van der Waals surface area contributed by atoms with Gasteiger partial charge in [0, 0.05) is 24.7 Å². The van der Waals surface area contributed by atoms with Gasteiger partial charge in [-0.15, -0.1) is 0 Å². The molecule has 0 amide bonds. The molecule has 1 aliphatic rings. The Bertz CT molecular complexity index is 448. The predicted octanol–water partition coefficient (Wildman–Crippen LogP) is 3.65. The molecule has 102 valence electrons. The molecule has 0 bridgehead atoms. The Kier molecular flexibility index (Phi) is 4.78. The van der Waals surface area contributed by atoms with Crippen molar-refractivity contribution in [3.63, 3.8) is 0 Å². The molecule has 1 aromatic rings. The number of carbonyl (C=O) groups is 1. The van der Waals surface area contributed by atoms with E-state index in [0.29, 0.717) is 18.3 Å². The van der Waals surface area contributed by atoms with Crippen LogP contribution < -0.4 is 5.32 Å². The van der Waals surface area contributed by atoms with E-state index in [1.165, 1.54) is 5.56 Å². The summed E-state index contributed by atoms with van der Waals surface area (Å²) in [5.41, 5.74) is 2.37. The van der Waals surface area contributed by atoms with Crippen LogP contribution in [0.3, 0.4) is 0 Å². The van der Waals surface area contributed by atoms with Crippen molar-refractivity contribution in [2.75, 3.05) is 6.54 Å². The minimum Gasteiger partial charge on any atom is -0.388 e. The molecule has 0 heterocycles. The number of allylic oxidation sites excluding steroid dienone is 2. The van der Waals surface area contributed by atoms with Crippen molar-refractivity contribution >= 4 is 5.78 Å². The summed E-state index contributed by atoms with van der Waals surface area (Å²) in [5, 5.41) is 3.42. The third-order valence-corrected chi connectivity index (χ3v) is 3.59. The molecule has 1 N–H and O–H groups in total. The lowest BCUT2D eigenvalue weighted by Gasteiger charge is -2.23. The molecule has 1 aromatic carbocycles. The molecule has 19 heavy (non-hydrogen) atoms. The Morgan fingerprint density at radius 2 is 1.95 bits per heavy atom. The summed E-state index contributed by atoms with van der Waals surface area (Å²) in [6, 6.07) is 10.4. The zero-order chi connectivity index (χ0) is 13.7. The van der Waals surface area contributed by atoms with E-state index in [1.54, 1.807) is 6.08 Å². The standard InChI is InChI=1S/C17H23NO/c1-13(2)8-9-18-16-10-15(11-17(19)12-16)14-6-4-3-5-7-14/h3-7,12-13,15,18H,8-11H2,1-2H3/t15-/m0/s1. The molecule has 0 aromatic heterocycles. The van der Waals surface area contributed by atoms with Crippen molar-refractivity contribution < 1.29 is 4.79 Å². The fourth-order valence-corrected chi connectivity index (χ4v) is 2.50. The van der Waals surface area contributed by atoms with Gasteiger partial charge >= 0.3 is 0 Å². The molecule has 0 aliphatic heterocycles. The fourth-order valence-electron chi connectivity index (χ4n) is 2.50. The summed E-state index contributed by atoms with van der Waals surface area (Å²) in [5.74, 6) is 1.27. The van der Waals surface area contributed by atoms with Crippen molar-refractivity contribution in [2.24, 2.45) is 5.92 Å². The SMILES string of the molecule is CC(C)CCNC1=CC(=O)C[C@@H](c2ccccc2)C1. The number of nitrogens with one attached hydrogen (secondary N) is 1. The Morgan fingerprint density at radius 1 is 1.21 bits per heavy atom. The maximum absolute atomic E-state index is 11.8. The molecule has 2 heteroatoms. The van der Waals surface area contributed by atoms with Crippen LogP contribution in [0.4, 0.5) is 0 Å². The average molecular weight is 257 g/mol. The van der Waals surface area contributed by atoms with Gasteiger partial charge in [0.1, 0.15) is 0 Å². The van der Waals surface area contributed by atoms with E-state index < -0.39 is 0 Å². The first-order valence-corrected chi connectivity index (χ1v) is 7.17. The monoisotopic (exact) mass is 257 g/mol. The normalized spacial score (nSPS) is 19.4. The van der Waals surface area contributed by atoms with Crippen LogP contribution >= 0.6 is 0 Å². The second-order valence-electron chi connectivity index (χ2n) is 5.76. The molecule has 0 unspecified atom stereocenters. The van der Waals surface area contributed by atoms with E-state index in [2.05, 4.69) is 31.3 Å². The number of hydrogen-bond donors (Lipinski definition) is 1. The van der Waals surface area contributed by atoms with E-state index in [4.69, 9.17) is 0 Å². The van der Waals surface area contributed by atoms with Crippen LogP contribution in [0.15, 0.2) is 42.1 Å². The number of benzene rings is 1. The number of carbonyl (C=O) groups excluding carboxylic acids is 1. The Labute approximate surface area is 115 Å². The van der Waals surface area contributed by atoms with Crippen molar-refractivity contribution in [1.82, 2.24) is 5.32 Å². The summed E-state index contributed by atoms with van der Waals surface area (Å²) >= 11 is 0. The zero-order valence-corrected chi connectivity index (χ0v) is 11.9. The largest absolute Gasteiger partial charge is 0.388 e. The first kappa shape index (κ1) is 13.9. The second kappa shape index (κ2) is 6.55. The quantitative estimate of drug-likeness (QED) is 0.872. The third-order valence-electron chi connectivity index (χ3n) is 3.59. The van der Waals surface area contributed by atoms with Gasteiger partial charge in [-0.1, -0.05) is 44.2 Å². The minimum absolute atomic E-state index is 0.243. The Hall–Kier alpha value is -1.57. The van der Waals surface area contributed by atoms with E-state index in [1.807, 2.05) is 18.2 Å². The van der Waals surface area contributed by atoms with Crippen molar-refractivity contribution in [3.8, 4) is 0 Å². The van der Waals surface area contributed by atoms with Crippen LogP contribution in [0.1, 0.15) is 44.6 Å². The highest BCUT2D eigenvalue weighted by molar-refractivity contribution is 5.91. The summed E-state index contributed by atoms with van der Waals surface area (Å²) in [7, 11) is 0. The Morgan fingerprint density at radius 3 is 2.63 bits per heavy atom. The summed E-state index contributed by atoms with van der Waals surface area (Å²) in [4.78, 5) is 11.8. The van der Waals surface area contributed by atoms with Crippen LogP contribution in [0.2, 0.25) is 0 Å². The lowest BCUT2D eigenvalue weighted by atomic mass is 9.85. The third kappa shape index (κ3) is 4.23. The molecule has 0 fully saturated rings. The van der Waals surface area contributed by atoms with Gasteiger partial charge < -0.3 is 5.32 Å². The average Bonchev–Trinajstić information content (AvgIpc) is 2.39. The van der Waals surface area contributed by atoms with Gasteiger partial charge in [-0.05, 0) is 30.2 Å². The van der Waals surface area contributed by atoms with E-state index in [-0.39, 0.29) is 5.78 Å². The summed E-state index contributed by atoms with van der Waals surface area (Å²) < 4.78 is 0. The van der Waals surface area contributed by atoms with Gasteiger partial charge in [-0.3, -0.25) is 4.79 Å². The molecule has 0 radical (unpaired) electrons. The maximum atomic E-state index is 11.8. The Balaban J connectivity index is 1.97. The van der Waals surface area contributed by atoms with Crippen LogP contribution in [-0.4, -0.2) is 12.3 Å². The first-order valence-electron chi connectivity index (χ1n) is 7.17. The molecule has 0 spiro atoms. The molecule has 1 aliphatic carbocycles. The van der Waals surface area contributed by atoms with Crippen LogP contribution in [0.25, 0.3) is 0 Å². The summed E-state index contributed by atoms with van der Waals surface area (Å²) in [6.07, 6.45) is 4.52. The van der Waals surface area contributed by atoms with Gasteiger partial charge in [0.2, 0.25) is 0 Å². The van der Waals surface area contributed by atoms with E-state index >= 15 is 0 Å². The summed E-state index contributed by atoms with van der Waals surface area (Å²) in [6.45, 7) is 5.39. The first-order chi connectivity index (χ1) is 9.15. The molecule has 1 atom stereocenters. The van der Waals surface area contributed by atoms with Crippen molar-refractivity contribution in [1.29, 1.82) is 0 Å². The number of ketones is 1.